The lowest BCUT2D eigenvalue weighted by Crippen LogP contribution is -2.14. The van der Waals surface area contributed by atoms with Gasteiger partial charge in [-0.1, -0.05) is 12.1 Å². The van der Waals surface area contributed by atoms with Crippen molar-refractivity contribution in [3.8, 4) is 0 Å². The van der Waals surface area contributed by atoms with Crippen molar-refractivity contribution in [2.45, 2.75) is 18.7 Å². The van der Waals surface area contributed by atoms with Gasteiger partial charge in [0.15, 0.2) is 0 Å². The lowest BCUT2D eigenvalue weighted by Gasteiger charge is -2.14. The average molecular weight is 375 g/mol. The first-order valence-corrected chi connectivity index (χ1v) is 9.32. The van der Waals surface area contributed by atoms with Crippen molar-refractivity contribution in [2.24, 2.45) is 5.14 Å². The van der Waals surface area contributed by atoms with Gasteiger partial charge in [0.1, 0.15) is 0 Å². The minimum atomic E-state index is -3.48. The molecule has 1 aromatic heterocycles. The predicted octanol–water partition coefficient (Wildman–Crippen LogP) is 3.47. The third-order valence-corrected chi connectivity index (χ3v) is 5.33. The Balaban J connectivity index is 2.03. The van der Waals surface area contributed by atoms with E-state index >= 15 is 0 Å². The molecule has 108 valence electrons. The van der Waals surface area contributed by atoms with Crippen LogP contribution < -0.4 is 10.5 Å². The van der Waals surface area contributed by atoms with Crippen molar-refractivity contribution in [3.05, 3.63) is 50.6 Å². The number of nitrogens with two attached hydrogens (primary N) is 1. The van der Waals surface area contributed by atoms with Crippen LogP contribution in [0.1, 0.15) is 23.4 Å². The number of rotatable bonds is 5. The van der Waals surface area contributed by atoms with E-state index in [1.807, 2.05) is 17.5 Å². The van der Waals surface area contributed by atoms with E-state index in [0.29, 0.717) is 5.56 Å². The quantitative estimate of drug-likeness (QED) is 0.841. The molecule has 1 heterocycles. The number of hydrogen-bond acceptors (Lipinski definition) is 4. The smallest absolute Gasteiger partial charge is 0.213 e. The van der Waals surface area contributed by atoms with Crippen LogP contribution in [0.3, 0.4) is 0 Å². The lowest BCUT2D eigenvalue weighted by molar-refractivity contribution is 0.597. The molecule has 7 heteroatoms. The van der Waals surface area contributed by atoms with Crippen LogP contribution in [-0.2, 0) is 15.8 Å². The zero-order valence-corrected chi connectivity index (χ0v) is 14.1. The SMILES string of the molecule is CC(Nc1ccc(CS(N)(=O)=O)cc1)c1cc(Br)cs1. The Morgan fingerprint density at radius 3 is 2.50 bits per heavy atom. The zero-order valence-electron chi connectivity index (χ0n) is 10.8. The molecular formula is C13H15BrN2O2S2. The first-order chi connectivity index (χ1) is 9.33. The third kappa shape index (κ3) is 4.59. The van der Waals surface area contributed by atoms with Crippen LogP contribution in [0.25, 0.3) is 0 Å². The summed E-state index contributed by atoms with van der Waals surface area (Å²) in [6, 6.07) is 9.53. The molecule has 2 rings (SSSR count). The van der Waals surface area contributed by atoms with Gasteiger partial charge in [-0.2, -0.15) is 0 Å². The highest BCUT2D eigenvalue weighted by atomic mass is 79.9. The second-order valence-corrected chi connectivity index (χ2v) is 8.01. The van der Waals surface area contributed by atoms with Crippen molar-refractivity contribution in [3.63, 3.8) is 0 Å². The van der Waals surface area contributed by atoms with E-state index in [0.717, 1.165) is 10.2 Å². The van der Waals surface area contributed by atoms with Gasteiger partial charge >= 0.3 is 0 Å². The second kappa shape index (κ2) is 6.26. The molecule has 3 N–H and O–H groups in total. The van der Waals surface area contributed by atoms with Gasteiger partial charge in [-0.25, -0.2) is 13.6 Å². The normalized spacial score (nSPS) is 13.2. The monoisotopic (exact) mass is 374 g/mol. The van der Waals surface area contributed by atoms with Gasteiger partial charge in [0.05, 0.1) is 11.8 Å². The molecule has 0 fully saturated rings. The molecule has 0 amide bonds. The molecular weight excluding hydrogens is 360 g/mol. The zero-order chi connectivity index (χ0) is 14.8. The Morgan fingerprint density at radius 1 is 1.35 bits per heavy atom. The first-order valence-electron chi connectivity index (χ1n) is 5.93. The minimum absolute atomic E-state index is 0.138. The van der Waals surface area contributed by atoms with Crippen molar-refractivity contribution in [1.82, 2.24) is 0 Å². The first kappa shape index (κ1) is 15.5. The van der Waals surface area contributed by atoms with Gasteiger partial charge in [0, 0.05) is 20.4 Å². The number of thiophene rings is 1. The molecule has 2 aromatic rings. The molecule has 0 radical (unpaired) electrons. The van der Waals surface area contributed by atoms with E-state index in [4.69, 9.17) is 5.14 Å². The number of primary sulfonamides is 1. The van der Waals surface area contributed by atoms with E-state index in [-0.39, 0.29) is 11.8 Å². The minimum Gasteiger partial charge on any atom is -0.378 e. The molecule has 0 aliphatic rings. The molecule has 0 bridgehead atoms. The summed E-state index contributed by atoms with van der Waals surface area (Å²) in [6.07, 6.45) is 0. The number of sulfonamides is 1. The average Bonchev–Trinajstić information content (AvgIpc) is 2.77. The summed E-state index contributed by atoms with van der Waals surface area (Å²) in [5.74, 6) is -0.138. The summed E-state index contributed by atoms with van der Waals surface area (Å²) in [4.78, 5) is 1.23. The van der Waals surface area contributed by atoms with Crippen LogP contribution in [0, 0.1) is 0 Å². The maximum atomic E-state index is 11.0. The molecule has 0 saturated heterocycles. The third-order valence-electron chi connectivity index (χ3n) is 2.72. The molecule has 4 nitrogen and oxygen atoms in total. The van der Waals surface area contributed by atoms with Crippen molar-refractivity contribution in [2.75, 3.05) is 5.32 Å². The van der Waals surface area contributed by atoms with E-state index in [1.54, 1.807) is 23.5 Å². The van der Waals surface area contributed by atoms with E-state index in [9.17, 15) is 8.42 Å². The molecule has 0 spiro atoms. The summed E-state index contributed by atoms with van der Waals surface area (Å²) in [5.41, 5.74) is 1.63. The summed E-state index contributed by atoms with van der Waals surface area (Å²) >= 11 is 5.12. The number of nitrogens with one attached hydrogen (secondary N) is 1. The molecule has 1 unspecified atom stereocenters. The van der Waals surface area contributed by atoms with Gasteiger partial charge < -0.3 is 5.32 Å². The Hall–Kier alpha value is -0.890. The number of anilines is 1. The number of benzene rings is 1. The maximum Gasteiger partial charge on any atom is 0.213 e. The second-order valence-electron chi connectivity index (χ2n) is 4.54. The fourth-order valence-corrected chi connectivity index (χ4v) is 3.92. The molecule has 1 atom stereocenters. The fourth-order valence-electron chi connectivity index (χ4n) is 1.81. The van der Waals surface area contributed by atoms with Gasteiger partial charge in [-0.15, -0.1) is 11.3 Å². The molecule has 0 aliphatic heterocycles. The summed E-state index contributed by atoms with van der Waals surface area (Å²) in [6.45, 7) is 2.08. The van der Waals surface area contributed by atoms with Crippen LogP contribution in [0.2, 0.25) is 0 Å². The van der Waals surface area contributed by atoms with Crippen molar-refractivity contribution in [1.29, 1.82) is 0 Å². The molecule has 0 aliphatic carbocycles. The van der Waals surface area contributed by atoms with Crippen molar-refractivity contribution < 1.29 is 8.42 Å². The van der Waals surface area contributed by atoms with E-state index in [2.05, 4.69) is 34.2 Å². The number of hydrogen-bond donors (Lipinski definition) is 2. The van der Waals surface area contributed by atoms with Crippen LogP contribution >= 0.6 is 27.3 Å². The summed E-state index contributed by atoms with van der Waals surface area (Å²) in [5, 5.41) is 10.4. The molecule has 0 saturated carbocycles. The molecule has 1 aromatic carbocycles. The molecule has 20 heavy (non-hydrogen) atoms. The van der Waals surface area contributed by atoms with Crippen LogP contribution in [0.4, 0.5) is 5.69 Å². The van der Waals surface area contributed by atoms with E-state index < -0.39 is 10.0 Å². The summed E-state index contributed by atoms with van der Waals surface area (Å²) in [7, 11) is -3.48. The highest BCUT2D eigenvalue weighted by molar-refractivity contribution is 9.10. The lowest BCUT2D eigenvalue weighted by atomic mass is 10.2. The van der Waals surface area contributed by atoms with Gasteiger partial charge in [-0.3, -0.25) is 0 Å². The Bertz CT molecular complexity index is 681. The largest absolute Gasteiger partial charge is 0.378 e. The number of halogens is 1. The Morgan fingerprint density at radius 2 is 2.00 bits per heavy atom. The van der Waals surface area contributed by atoms with E-state index in [1.165, 1.54) is 4.88 Å². The fraction of sp³-hybridized carbons (Fsp3) is 0.231. The summed E-state index contributed by atoms with van der Waals surface area (Å²) < 4.78 is 23.1. The van der Waals surface area contributed by atoms with Crippen LogP contribution in [0.5, 0.6) is 0 Å². The maximum absolute atomic E-state index is 11.0. The van der Waals surface area contributed by atoms with Gasteiger partial charge in [0.2, 0.25) is 10.0 Å². The van der Waals surface area contributed by atoms with Crippen molar-refractivity contribution >= 4 is 43.0 Å². The standard InChI is InChI=1S/C13H15BrN2O2S2/c1-9(13-6-11(14)7-19-13)16-12-4-2-10(3-5-12)8-20(15,17)18/h2-7,9,16H,8H2,1H3,(H2,15,17,18). The van der Waals surface area contributed by atoms with Crippen LogP contribution in [0.15, 0.2) is 40.2 Å². The predicted molar refractivity (Wildman–Crippen MR) is 87.3 cm³/mol. The van der Waals surface area contributed by atoms with Gasteiger partial charge in [-0.05, 0) is 46.6 Å². The Kier molecular flexibility index (Phi) is 4.85. The highest BCUT2D eigenvalue weighted by Gasteiger charge is 2.09. The Labute approximate surface area is 131 Å². The van der Waals surface area contributed by atoms with Crippen LogP contribution in [-0.4, -0.2) is 8.42 Å². The topological polar surface area (TPSA) is 72.2 Å². The van der Waals surface area contributed by atoms with Gasteiger partial charge in [0.25, 0.3) is 0 Å². The highest BCUT2D eigenvalue weighted by Crippen LogP contribution is 2.28.